The summed E-state index contributed by atoms with van der Waals surface area (Å²) in [6.07, 6.45) is 7.26. The molecule has 1 aromatic carbocycles. The smallest absolute Gasteiger partial charge is 0.0333 e. The molecule has 0 saturated carbocycles. The molecule has 2 rings (SSSR count). The summed E-state index contributed by atoms with van der Waals surface area (Å²) in [5, 5.41) is 0. The lowest BCUT2D eigenvalue weighted by molar-refractivity contribution is 0.0649. The molecule has 1 atom stereocenters. The van der Waals surface area contributed by atoms with Crippen LogP contribution in [-0.2, 0) is 0 Å². The summed E-state index contributed by atoms with van der Waals surface area (Å²) in [7, 11) is 0. The summed E-state index contributed by atoms with van der Waals surface area (Å²) in [6.45, 7) is 14.0. The van der Waals surface area contributed by atoms with Crippen LogP contribution in [0.1, 0.15) is 53.0 Å². The third kappa shape index (κ3) is 2.90. The second-order valence-electron chi connectivity index (χ2n) is 8.15. The van der Waals surface area contributed by atoms with E-state index in [0.29, 0.717) is 5.92 Å². The molecule has 1 heteroatoms. The van der Waals surface area contributed by atoms with Gasteiger partial charge in [-0.2, -0.15) is 0 Å². The molecule has 0 fully saturated rings. The van der Waals surface area contributed by atoms with Gasteiger partial charge in [-0.1, -0.05) is 106 Å². The zero-order valence-electron chi connectivity index (χ0n) is 14.1. The Morgan fingerprint density at radius 3 is 1.86 bits per heavy atom. The van der Waals surface area contributed by atoms with Gasteiger partial charge in [0.15, 0.2) is 0 Å². The zero-order valence-corrected chi connectivity index (χ0v) is 15.7. The maximum Gasteiger partial charge on any atom is 0.0333 e. The predicted octanol–water partition coefficient (Wildman–Crippen LogP) is 6.70. The van der Waals surface area contributed by atoms with Gasteiger partial charge in [-0.15, -0.1) is 0 Å². The molecule has 1 unspecified atom stereocenters. The molecule has 0 aliphatic heterocycles. The number of hydrogen-bond donors (Lipinski definition) is 0. The van der Waals surface area contributed by atoms with E-state index in [2.05, 4.69) is 106 Å². The predicted molar refractivity (Wildman–Crippen MR) is 96.7 cm³/mol. The molecule has 1 aromatic rings. The maximum absolute atomic E-state index is 3.86. The van der Waals surface area contributed by atoms with Crippen molar-refractivity contribution in [2.45, 2.75) is 47.5 Å². The average Bonchev–Trinajstić information content (AvgIpc) is 2.37. The Hall–Kier alpha value is -0.820. The Labute approximate surface area is 138 Å². The summed E-state index contributed by atoms with van der Waals surface area (Å²) in [6, 6.07) is 10.7. The van der Waals surface area contributed by atoms with Crippen LogP contribution in [0.4, 0.5) is 0 Å². The zero-order chi connectivity index (χ0) is 15.9. The van der Waals surface area contributed by atoms with Gasteiger partial charge in [0, 0.05) is 15.8 Å². The van der Waals surface area contributed by atoms with E-state index in [1.54, 1.807) is 0 Å². The second-order valence-corrected chi connectivity index (χ2v) is 9.06. The minimum absolute atomic E-state index is 0.0457. The van der Waals surface area contributed by atoms with Crippen LogP contribution < -0.4 is 0 Å². The van der Waals surface area contributed by atoms with Crippen LogP contribution >= 0.6 is 15.9 Å². The molecule has 1 aliphatic rings. The highest BCUT2D eigenvalue weighted by atomic mass is 79.9. The molecule has 0 aromatic heterocycles. The molecule has 0 nitrogen and oxygen atoms in total. The highest BCUT2D eigenvalue weighted by molar-refractivity contribution is 9.11. The number of allylic oxidation sites excluding steroid dienone is 4. The van der Waals surface area contributed by atoms with Gasteiger partial charge >= 0.3 is 0 Å². The first kappa shape index (κ1) is 16.5. The van der Waals surface area contributed by atoms with Gasteiger partial charge < -0.3 is 0 Å². The average molecular weight is 347 g/mol. The Morgan fingerprint density at radius 1 is 0.905 bits per heavy atom. The summed E-state index contributed by atoms with van der Waals surface area (Å²) < 4.78 is 1.28. The summed E-state index contributed by atoms with van der Waals surface area (Å²) in [4.78, 5) is 0. The fraction of sp³-hybridized carbons (Fsp3) is 0.500. The van der Waals surface area contributed by atoms with Gasteiger partial charge in [-0.3, -0.25) is 0 Å². The molecule has 0 amide bonds. The minimum Gasteiger partial charge on any atom is -0.0765 e. The van der Waals surface area contributed by atoms with Gasteiger partial charge in [-0.25, -0.2) is 0 Å². The standard InChI is InChI=1S/C20H27Br/c1-18(2,3)20(19(4,5)6)13-12-16(17(21)14-20)15-10-8-7-9-11-15/h7-14,16H,1-6H3. The second kappa shape index (κ2) is 5.43. The third-order valence-corrected chi connectivity index (χ3v) is 5.58. The van der Waals surface area contributed by atoms with Crippen LogP contribution in [0, 0.1) is 16.2 Å². The van der Waals surface area contributed by atoms with Crippen molar-refractivity contribution in [1.29, 1.82) is 0 Å². The number of rotatable bonds is 1. The Kier molecular flexibility index (Phi) is 4.28. The number of hydrogen-bond acceptors (Lipinski definition) is 0. The van der Waals surface area contributed by atoms with Crippen molar-refractivity contribution in [3.63, 3.8) is 0 Å². The van der Waals surface area contributed by atoms with Crippen LogP contribution in [-0.4, -0.2) is 0 Å². The minimum atomic E-state index is 0.0457. The summed E-state index contributed by atoms with van der Waals surface area (Å²) in [5.74, 6) is 0.337. The van der Waals surface area contributed by atoms with Crippen LogP contribution in [0.2, 0.25) is 0 Å². The van der Waals surface area contributed by atoms with E-state index in [0.717, 1.165) is 0 Å². The molecular weight excluding hydrogens is 320 g/mol. The number of halogens is 1. The highest BCUT2D eigenvalue weighted by Crippen LogP contribution is 2.57. The lowest BCUT2D eigenvalue weighted by Crippen LogP contribution is -2.44. The molecule has 21 heavy (non-hydrogen) atoms. The molecule has 1 aliphatic carbocycles. The molecule has 0 heterocycles. The first-order valence-electron chi connectivity index (χ1n) is 7.71. The van der Waals surface area contributed by atoms with Crippen molar-refractivity contribution in [2.75, 3.05) is 0 Å². The monoisotopic (exact) mass is 346 g/mol. The van der Waals surface area contributed by atoms with Gasteiger partial charge in [0.1, 0.15) is 0 Å². The Balaban J connectivity index is 2.49. The van der Waals surface area contributed by atoms with Gasteiger partial charge in [0.25, 0.3) is 0 Å². The normalized spacial score (nSPS) is 22.0. The van der Waals surface area contributed by atoms with Gasteiger partial charge in [0.2, 0.25) is 0 Å². The van der Waals surface area contributed by atoms with Crippen molar-refractivity contribution in [1.82, 2.24) is 0 Å². The largest absolute Gasteiger partial charge is 0.0765 e. The van der Waals surface area contributed by atoms with E-state index < -0.39 is 0 Å². The quantitative estimate of drug-likeness (QED) is 0.496. The lowest BCUT2D eigenvalue weighted by atomic mass is 9.52. The molecule has 114 valence electrons. The van der Waals surface area contributed by atoms with Crippen molar-refractivity contribution in [3.05, 3.63) is 58.6 Å². The first-order chi connectivity index (χ1) is 9.58. The molecule has 0 N–H and O–H groups in total. The molecule has 0 saturated heterocycles. The van der Waals surface area contributed by atoms with Crippen molar-refractivity contribution < 1.29 is 0 Å². The van der Waals surface area contributed by atoms with Crippen LogP contribution in [0.25, 0.3) is 0 Å². The SMILES string of the molecule is CC(C)(C)C1(C(C)(C)C)C=CC(c2ccccc2)C(Br)=C1. The Morgan fingerprint density at radius 2 is 1.43 bits per heavy atom. The lowest BCUT2D eigenvalue weighted by Gasteiger charge is -2.52. The van der Waals surface area contributed by atoms with E-state index in [9.17, 15) is 0 Å². The molecular formula is C20H27Br. The fourth-order valence-corrected chi connectivity index (χ4v) is 4.46. The van der Waals surface area contributed by atoms with E-state index in [1.165, 1.54) is 10.0 Å². The van der Waals surface area contributed by atoms with E-state index >= 15 is 0 Å². The highest BCUT2D eigenvalue weighted by Gasteiger charge is 2.48. The summed E-state index contributed by atoms with van der Waals surface area (Å²) >= 11 is 3.86. The number of benzene rings is 1. The molecule has 0 bridgehead atoms. The first-order valence-corrected chi connectivity index (χ1v) is 8.50. The van der Waals surface area contributed by atoms with E-state index in [-0.39, 0.29) is 16.2 Å². The van der Waals surface area contributed by atoms with E-state index in [1.807, 2.05) is 0 Å². The van der Waals surface area contributed by atoms with Crippen molar-refractivity contribution in [2.24, 2.45) is 16.2 Å². The maximum atomic E-state index is 3.86. The van der Waals surface area contributed by atoms with Crippen molar-refractivity contribution in [3.8, 4) is 0 Å². The molecule has 0 radical (unpaired) electrons. The third-order valence-electron chi connectivity index (χ3n) is 4.85. The topological polar surface area (TPSA) is 0 Å². The van der Waals surface area contributed by atoms with Crippen LogP contribution in [0.15, 0.2) is 53.0 Å². The van der Waals surface area contributed by atoms with Gasteiger partial charge in [0.05, 0.1) is 0 Å². The molecule has 0 spiro atoms. The van der Waals surface area contributed by atoms with Gasteiger partial charge in [-0.05, 0) is 16.4 Å². The summed E-state index contributed by atoms with van der Waals surface area (Å²) in [5.41, 5.74) is 1.72. The van der Waals surface area contributed by atoms with Crippen LogP contribution in [0.3, 0.4) is 0 Å². The fourth-order valence-electron chi connectivity index (χ4n) is 3.68. The van der Waals surface area contributed by atoms with E-state index in [4.69, 9.17) is 0 Å². The van der Waals surface area contributed by atoms with Crippen molar-refractivity contribution >= 4 is 15.9 Å². The van der Waals surface area contributed by atoms with Crippen LogP contribution in [0.5, 0.6) is 0 Å². The Bertz CT molecular complexity index is 536.